The van der Waals surface area contributed by atoms with Gasteiger partial charge in [-0.05, 0) is 6.07 Å². The highest BCUT2D eigenvalue weighted by Crippen LogP contribution is 2.28. The zero-order valence-electron chi connectivity index (χ0n) is 9.17. The van der Waals surface area contributed by atoms with Gasteiger partial charge in [0.05, 0.1) is 31.9 Å². The van der Waals surface area contributed by atoms with E-state index in [9.17, 15) is 18.0 Å². The Bertz CT molecular complexity index is 424. The molecule has 0 unspecified atom stereocenters. The molecule has 0 atom stereocenters. The lowest BCUT2D eigenvalue weighted by Crippen LogP contribution is -2.10. The van der Waals surface area contributed by atoms with E-state index in [0.29, 0.717) is 6.07 Å². The van der Waals surface area contributed by atoms with Crippen LogP contribution in [0.3, 0.4) is 0 Å². The average molecular weight is 249 g/mol. The van der Waals surface area contributed by atoms with Crippen molar-refractivity contribution in [3.8, 4) is 5.88 Å². The van der Waals surface area contributed by atoms with Gasteiger partial charge in [0.2, 0.25) is 5.88 Å². The maximum Gasteiger partial charge on any atom is 0.311 e. The fraction of sp³-hybridized carbons (Fsp3) is 0.400. The van der Waals surface area contributed by atoms with Gasteiger partial charge in [-0.1, -0.05) is 0 Å². The summed E-state index contributed by atoms with van der Waals surface area (Å²) in [6, 6.07) is 0.606. The topological polar surface area (TPSA) is 48.4 Å². The Hall–Kier alpha value is -1.79. The number of methoxy groups -OCH3 is 2. The van der Waals surface area contributed by atoms with Gasteiger partial charge in [0, 0.05) is 0 Å². The Morgan fingerprint density at radius 1 is 1.47 bits per heavy atom. The summed E-state index contributed by atoms with van der Waals surface area (Å²) in [5, 5.41) is 0. The van der Waals surface area contributed by atoms with Crippen LogP contribution < -0.4 is 4.74 Å². The van der Waals surface area contributed by atoms with Crippen LogP contribution in [0.15, 0.2) is 6.07 Å². The van der Waals surface area contributed by atoms with Crippen molar-refractivity contribution in [2.75, 3.05) is 14.2 Å². The third-order valence-electron chi connectivity index (χ3n) is 2.01. The van der Waals surface area contributed by atoms with Crippen molar-refractivity contribution in [3.63, 3.8) is 0 Å². The minimum atomic E-state index is -2.90. The molecule has 17 heavy (non-hydrogen) atoms. The molecule has 0 fully saturated rings. The van der Waals surface area contributed by atoms with Gasteiger partial charge >= 0.3 is 5.97 Å². The van der Waals surface area contributed by atoms with Crippen LogP contribution in [-0.2, 0) is 16.0 Å². The number of halogens is 3. The number of hydrogen-bond acceptors (Lipinski definition) is 4. The molecular formula is C10H10F3NO3. The number of aromatic nitrogens is 1. The summed E-state index contributed by atoms with van der Waals surface area (Å²) in [6.45, 7) is 0. The first-order valence-corrected chi connectivity index (χ1v) is 4.57. The molecule has 0 radical (unpaired) electrons. The Morgan fingerprint density at radius 3 is 2.59 bits per heavy atom. The fourth-order valence-electron chi connectivity index (χ4n) is 1.17. The number of pyridine rings is 1. The molecule has 0 amide bonds. The smallest absolute Gasteiger partial charge is 0.311 e. The van der Waals surface area contributed by atoms with E-state index in [1.54, 1.807) is 0 Å². The highest BCUT2D eigenvalue weighted by atomic mass is 19.3. The molecule has 1 heterocycles. The summed E-state index contributed by atoms with van der Waals surface area (Å²) in [4.78, 5) is 14.5. The van der Waals surface area contributed by atoms with E-state index in [-0.39, 0.29) is 5.69 Å². The number of carbonyl (C=O) groups excluding carboxylic acids is 1. The molecule has 1 rings (SSSR count). The molecule has 0 saturated heterocycles. The second-order valence-electron chi connectivity index (χ2n) is 3.07. The summed E-state index contributed by atoms with van der Waals surface area (Å²) in [7, 11) is 2.26. The predicted molar refractivity (Wildman–Crippen MR) is 51.4 cm³/mol. The second kappa shape index (κ2) is 5.51. The van der Waals surface area contributed by atoms with Crippen molar-refractivity contribution in [2.45, 2.75) is 12.8 Å². The molecule has 0 aromatic carbocycles. The summed E-state index contributed by atoms with van der Waals surface area (Å²) in [5.41, 5.74) is -0.947. The highest BCUT2D eigenvalue weighted by molar-refractivity contribution is 5.71. The lowest BCUT2D eigenvalue weighted by atomic mass is 10.2. The fourth-order valence-corrected chi connectivity index (χ4v) is 1.17. The predicted octanol–water partition coefficient (Wildman–Crippen LogP) is 1.88. The zero-order valence-corrected chi connectivity index (χ0v) is 9.17. The van der Waals surface area contributed by atoms with E-state index in [1.165, 1.54) is 0 Å². The molecule has 94 valence electrons. The van der Waals surface area contributed by atoms with Gasteiger partial charge in [-0.15, -0.1) is 0 Å². The molecule has 0 aliphatic heterocycles. The monoisotopic (exact) mass is 249 g/mol. The van der Waals surface area contributed by atoms with Crippen molar-refractivity contribution in [1.29, 1.82) is 0 Å². The maximum absolute atomic E-state index is 13.4. The molecule has 0 N–H and O–H groups in total. The largest absolute Gasteiger partial charge is 0.481 e. The van der Waals surface area contributed by atoms with Gasteiger partial charge in [0.1, 0.15) is 5.82 Å². The quantitative estimate of drug-likeness (QED) is 0.764. The van der Waals surface area contributed by atoms with Gasteiger partial charge in [-0.25, -0.2) is 18.2 Å². The van der Waals surface area contributed by atoms with Crippen LogP contribution in [0, 0.1) is 5.82 Å². The van der Waals surface area contributed by atoms with Crippen LogP contribution in [-0.4, -0.2) is 25.2 Å². The van der Waals surface area contributed by atoms with Crippen LogP contribution >= 0.6 is 0 Å². The Kier molecular flexibility index (Phi) is 4.30. The van der Waals surface area contributed by atoms with Crippen molar-refractivity contribution in [1.82, 2.24) is 4.98 Å². The van der Waals surface area contributed by atoms with Crippen molar-refractivity contribution < 1.29 is 27.4 Å². The zero-order chi connectivity index (χ0) is 13.0. The number of esters is 1. The molecule has 7 heteroatoms. The summed E-state index contributed by atoms with van der Waals surface area (Å²) >= 11 is 0. The lowest BCUT2D eigenvalue weighted by molar-refractivity contribution is -0.139. The Labute approximate surface area is 95.4 Å². The van der Waals surface area contributed by atoms with Crippen LogP contribution in [0.5, 0.6) is 5.88 Å². The molecule has 0 aliphatic carbocycles. The highest BCUT2D eigenvalue weighted by Gasteiger charge is 2.20. The Balaban J connectivity index is 3.13. The Morgan fingerprint density at radius 2 is 2.12 bits per heavy atom. The normalized spacial score (nSPS) is 10.5. The number of ether oxygens (including phenoxy) is 2. The molecule has 0 saturated carbocycles. The van der Waals surface area contributed by atoms with Gasteiger partial charge < -0.3 is 9.47 Å². The van der Waals surface area contributed by atoms with E-state index < -0.39 is 36.1 Å². The van der Waals surface area contributed by atoms with E-state index in [0.717, 1.165) is 14.2 Å². The number of hydrogen-bond donors (Lipinski definition) is 0. The second-order valence-corrected chi connectivity index (χ2v) is 3.07. The van der Waals surface area contributed by atoms with Gasteiger partial charge in [0.25, 0.3) is 6.43 Å². The molecule has 0 spiro atoms. The summed E-state index contributed by atoms with van der Waals surface area (Å²) in [5.74, 6) is -2.12. The van der Waals surface area contributed by atoms with Crippen LogP contribution in [0.4, 0.5) is 13.2 Å². The van der Waals surface area contributed by atoms with Crippen molar-refractivity contribution in [2.24, 2.45) is 0 Å². The van der Waals surface area contributed by atoms with E-state index >= 15 is 0 Å². The molecular weight excluding hydrogens is 239 g/mol. The van der Waals surface area contributed by atoms with Crippen molar-refractivity contribution in [3.05, 3.63) is 23.1 Å². The first-order chi connectivity index (χ1) is 7.99. The summed E-state index contributed by atoms with van der Waals surface area (Å²) in [6.07, 6.45) is -3.35. The third-order valence-corrected chi connectivity index (χ3v) is 2.01. The molecule has 1 aromatic heterocycles. The number of nitrogens with zero attached hydrogens (tertiary/aromatic N) is 1. The van der Waals surface area contributed by atoms with Crippen LogP contribution in [0.25, 0.3) is 0 Å². The number of alkyl halides is 2. The van der Waals surface area contributed by atoms with Gasteiger partial charge in [-0.3, -0.25) is 4.79 Å². The van der Waals surface area contributed by atoms with E-state index in [2.05, 4.69) is 14.5 Å². The van der Waals surface area contributed by atoms with Crippen molar-refractivity contribution >= 4 is 5.97 Å². The van der Waals surface area contributed by atoms with Gasteiger partial charge in [0.15, 0.2) is 0 Å². The first kappa shape index (κ1) is 13.3. The van der Waals surface area contributed by atoms with Crippen LogP contribution in [0.2, 0.25) is 0 Å². The van der Waals surface area contributed by atoms with Gasteiger partial charge in [-0.2, -0.15) is 0 Å². The first-order valence-electron chi connectivity index (χ1n) is 4.57. The lowest BCUT2D eigenvalue weighted by Gasteiger charge is -2.09. The van der Waals surface area contributed by atoms with E-state index in [1.807, 2.05) is 0 Å². The molecule has 0 bridgehead atoms. The molecule has 4 nitrogen and oxygen atoms in total. The molecule has 1 aromatic rings. The number of carbonyl (C=O) groups is 1. The van der Waals surface area contributed by atoms with E-state index in [4.69, 9.17) is 0 Å². The number of rotatable bonds is 4. The standard InChI is InChI=1S/C10H10F3NO3/c1-16-8(15)4-7-6(11)3-5(9(12)13)10(14-7)17-2/h3,9H,4H2,1-2H3. The van der Waals surface area contributed by atoms with Crippen LogP contribution in [0.1, 0.15) is 17.7 Å². The maximum atomic E-state index is 13.4. The molecule has 0 aliphatic rings. The minimum Gasteiger partial charge on any atom is -0.481 e. The third kappa shape index (κ3) is 3.08. The minimum absolute atomic E-state index is 0.293. The summed E-state index contributed by atoms with van der Waals surface area (Å²) < 4.78 is 47.3. The SMILES string of the molecule is COC(=O)Cc1nc(OC)c(C(F)F)cc1F. The average Bonchev–Trinajstić information content (AvgIpc) is 2.30.